The van der Waals surface area contributed by atoms with E-state index in [9.17, 15) is 22.4 Å². The van der Waals surface area contributed by atoms with Gasteiger partial charge in [-0.15, -0.1) is 0 Å². The molecule has 0 saturated heterocycles. The fourth-order valence-electron chi connectivity index (χ4n) is 3.71. The summed E-state index contributed by atoms with van der Waals surface area (Å²) in [7, 11) is 1.14. The maximum absolute atomic E-state index is 13.7. The lowest BCUT2D eigenvalue weighted by atomic mass is 9.82. The molecule has 0 radical (unpaired) electrons. The third-order valence-electron chi connectivity index (χ3n) is 5.27. The van der Waals surface area contributed by atoms with Crippen LogP contribution >= 0.6 is 0 Å². The molecular formula is C23H17F4N3O4. The van der Waals surface area contributed by atoms with Gasteiger partial charge >= 0.3 is 18.7 Å². The number of aromatic nitrogens is 1. The highest BCUT2D eigenvalue weighted by Gasteiger charge is 2.43. The lowest BCUT2D eigenvalue weighted by Crippen LogP contribution is -2.28. The lowest BCUT2D eigenvalue weighted by molar-refractivity contribution is -0.138. The predicted octanol–water partition coefficient (Wildman–Crippen LogP) is 4.22. The van der Waals surface area contributed by atoms with Crippen LogP contribution in [0.25, 0.3) is 11.1 Å². The van der Waals surface area contributed by atoms with Gasteiger partial charge in [0.2, 0.25) is 0 Å². The number of hydrogen-bond acceptors (Lipinski definition) is 7. The molecule has 1 unspecified atom stereocenters. The van der Waals surface area contributed by atoms with Crippen LogP contribution in [0, 0.1) is 5.82 Å². The van der Waals surface area contributed by atoms with Crippen LogP contribution in [0.15, 0.2) is 65.9 Å². The maximum Gasteiger partial charge on any atom is 0.419 e. The molecule has 1 aliphatic heterocycles. The van der Waals surface area contributed by atoms with E-state index < -0.39 is 23.1 Å². The summed E-state index contributed by atoms with van der Waals surface area (Å²) in [5.74, 6) is -0.890. The molecular weight excluding hydrogens is 458 g/mol. The van der Waals surface area contributed by atoms with Gasteiger partial charge in [0.1, 0.15) is 18.2 Å². The zero-order valence-corrected chi connectivity index (χ0v) is 17.6. The number of carbonyl (C=O) groups is 1. The van der Waals surface area contributed by atoms with Crippen LogP contribution in [0.5, 0.6) is 5.75 Å². The molecule has 1 N–H and O–H groups in total. The summed E-state index contributed by atoms with van der Waals surface area (Å²) in [4.78, 5) is 23.3. The van der Waals surface area contributed by atoms with Gasteiger partial charge in [0.25, 0.3) is 0 Å². The second kappa shape index (κ2) is 9.00. The van der Waals surface area contributed by atoms with Crippen LogP contribution in [0.2, 0.25) is 0 Å². The SMILES string of the molecule is COc1ccc(C2(c3cccc(-c4cncc(F)c4)c3)COC(NOC=O)=N2)cc1C(F)(F)F. The number of hydrogen-bond donors (Lipinski definition) is 1. The van der Waals surface area contributed by atoms with E-state index in [1.54, 1.807) is 24.3 Å². The Kier molecular flexibility index (Phi) is 6.10. The second-order valence-electron chi connectivity index (χ2n) is 7.27. The number of carbonyl (C=O) groups excluding carboxylic acids is 1. The van der Waals surface area contributed by atoms with E-state index in [1.807, 2.05) is 0 Å². The second-order valence-corrected chi connectivity index (χ2v) is 7.27. The highest BCUT2D eigenvalue weighted by Crippen LogP contribution is 2.43. The van der Waals surface area contributed by atoms with Crippen LogP contribution in [0.4, 0.5) is 17.6 Å². The number of rotatable bonds is 6. The fraction of sp³-hybridized carbons (Fsp3) is 0.174. The molecule has 3 aromatic rings. The van der Waals surface area contributed by atoms with Gasteiger partial charge in [-0.05, 0) is 41.0 Å². The molecule has 0 saturated carbocycles. The van der Waals surface area contributed by atoms with Crippen LogP contribution in [-0.2, 0) is 26.1 Å². The molecule has 1 aromatic heterocycles. The fourth-order valence-corrected chi connectivity index (χ4v) is 3.71. The summed E-state index contributed by atoms with van der Waals surface area (Å²) >= 11 is 0. The molecule has 4 rings (SSSR count). The van der Waals surface area contributed by atoms with Crippen molar-refractivity contribution in [1.82, 2.24) is 10.5 Å². The summed E-state index contributed by atoms with van der Waals surface area (Å²) in [6, 6.07) is 11.3. The summed E-state index contributed by atoms with van der Waals surface area (Å²) in [5, 5.41) is 0. The molecule has 2 aromatic carbocycles. The van der Waals surface area contributed by atoms with E-state index in [-0.39, 0.29) is 30.4 Å². The lowest BCUT2D eigenvalue weighted by Gasteiger charge is -2.27. The van der Waals surface area contributed by atoms with Crippen molar-refractivity contribution in [2.24, 2.45) is 4.99 Å². The first-order chi connectivity index (χ1) is 16.3. The Balaban J connectivity index is 1.89. The molecule has 1 aliphatic rings. The quantitative estimate of drug-likeness (QED) is 0.327. The van der Waals surface area contributed by atoms with Crippen molar-refractivity contribution in [2.45, 2.75) is 11.7 Å². The molecule has 0 amide bonds. The summed E-state index contributed by atoms with van der Waals surface area (Å²) < 4.78 is 65.3. The zero-order chi connectivity index (χ0) is 24.3. The zero-order valence-electron chi connectivity index (χ0n) is 17.6. The van der Waals surface area contributed by atoms with E-state index in [1.165, 1.54) is 24.4 Å². The number of nitrogens with zero attached hydrogens (tertiary/aromatic N) is 2. The minimum Gasteiger partial charge on any atom is -0.496 e. The average molecular weight is 475 g/mol. The molecule has 0 spiro atoms. The number of alkyl halides is 3. The first-order valence-corrected chi connectivity index (χ1v) is 9.82. The van der Waals surface area contributed by atoms with Crippen molar-refractivity contribution in [3.63, 3.8) is 0 Å². The van der Waals surface area contributed by atoms with Crippen molar-refractivity contribution in [3.05, 3.63) is 83.4 Å². The Morgan fingerprint density at radius 2 is 1.88 bits per heavy atom. The van der Waals surface area contributed by atoms with E-state index in [0.717, 1.165) is 19.4 Å². The number of ether oxygens (including phenoxy) is 2. The topological polar surface area (TPSA) is 82.0 Å². The molecule has 34 heavy (non-hydrogen) atoms. The van der Waals surface area contributed by atoms with Crippen molar-refractivity contribution >= 4 is 12.5 Å². The summed E-state index contributed by atoms with van der Waals surface area (Å²) in [6.45, 7) is -0.0926. The summed E-state index contributed by atoms with van der Waals surface area (Å²) in [6.07, 6.45) is -2.17. The standard InChI is InChI=1S/C23H17F4N3O4/c1-32-20-6-5-17(9-19(20)23(25,26)27)22(12-33-21(29-22)30-34-13-31)16-4-2-3-14(7-16)15-8-18(24)11-28-10-15/h2-11,13H,12H2,1H3,(H,29,30). The first-order valence-electron chi connectivity index (χ1n) is 9.82. The van der Waals surface area contributed by atoms with Crippen LogP contribution in [0.3, 0.4) is 0 Å². The van der Waals surface area contributed by atoms with Crippen LogP contribution < -0.4 is 10.2 Å². The Morgan fingerprint density at radius 3 is 2.59 bits per heavy atom. The van der Waals surface area contributed by atoms with Gasteiger partial charge in [0.15, 0.2) is 5.54 Å². The Labute approximate surface area is 191 Å². The Hall–Kier alpha value is -4.15. The number of pyridine rings is 1. The minimum atomic E-state index is -4.69. The van der Waals surface area contributed by atoms with Crippen molar-refractivity contribution in [3.8, 4) is 16.9 Å². The van der Waals surface area contributed by atoms with Crippen molar-refractivity contribution < 1.29 is 36.7 Å². The number of halogens is 4. The largest absolute Gasteiger partial charge is 0.496 e. The molecule has 0 fully saturated rings. The molecule has 176 valence electrons. The molecule has 0 bridgehead atoms. The highest BCUT2D eigenvalue weighted by atomic mass is 19.4. The Morgan fingerprint density at radius 1 is 1.09 bits per heavy atom. The van der Waals surface area contributed by atoms with Crippen molar-refractivity contribution in [2.75, 3.05) is 13.7 Å². The number of aliphatic imine (C=N–C) groups is 1. The van der Waals surface area contributed by atoms with Gasteiger partial charge in [-0.1, -0.05) is 24.3 Å². The van der Waals surface area contributed by atoms with Gasteiger partial charge < -0.3 is 14.3 Å². The van der Waals surface area contributed by atoms with E-state index in [4.69, 9.17) is 9.47 Å². The van der Waals surface area contributed by atoms with Crippen LogP contribution in [-0.4, -0.2) is 31.2 Å². The van der Waals surface area contributed by atoms with Crippen LogP contribution in [0.1, 0.15) is 16.7 Å². The highest BCUT2D eigenvalue weighted by molar-refractivity contribution is 5.77. The monoisotopic (exact) mass is 475 g/mol. The van der Waals surface area contributed by atoms with E-state index in [0.29, 0.717) is 16.7 Å². The van der Waals surface area contributed by atoms with Gasteiger partial charge in [-0.3, -0.25) is 9.78 Å². The minimum absolute atomic E-state index is 0.110. The first kappa shape index (κ1) is 23.0. The average Bonchev–Trinajstić information content (AvgIpc) is 3.27. The number of benzene rings is 2. The van der Waals surface area contributed by atoms with Gasteiger partial charge in [-0.2, -0.15) is 18.7 Å². The number of methoxy groups -OCH3 is 1. The summed E-state index contributed by atoms with van der Waals surface area (Å²) in [5.41, 5.74) is 1.40. The van der Waals surface area contributed by atoms with E-state index >= 15 is 0 Å². The third-order valence-corrected chi connectivity index (χ3v) is 5.27. The van der Waals surface area contributed by atoms with Gasteiger partial charge in [-0.25, -0.2) is 9.38 Å². The molecule has 2 heterocycles. The third kappa shape index (κ3) is 4.36. The maximum atomic E-state index is 13.7. The Bertz CT molecular complexity index is 1250. The molecule has 7 nitrogen and oxygen atoms in total. The molecule has 1 atom stereocenters. The number of amidine groups is 1. The van der Waals surface area contributed by atoms with Crippen molar-refractivity contribution in [1.29, 1.82) is 0 Å². The normalized spacial score (nSPS) is 17.5. The predicted molar refractivity (Wildman–Crippen MR) is 112 cm³/mol. The molecule has 11 heteroatoms. The smallest absolute Gasteiger partial charge is 0.419 e. The number of nitrogens with one attached hydrogen (secondary N) is 1. The van der Waals surface area contributed by atoms with Gasteiger partial charge in [0, 0.05) is 11.8 Å². The molecule has 0 aliphatic carbocycles. The van der Waals surface area contributed by atoms with Gasteiger partial charge in [0.05, 0.1) is 18.9 Å². The number of hydroxylamine groups is 1. The van der Waals surface area contributed by atoms with E-state index in [2.05, 4.69) is 20.3 Å².